The maximum atomic E-state index is 12.9. The second-order valence-electron chi connectivity index (χ2n) is 8.17. The summed E-state index contributed by atoms with van der Waals surface area (Å²) >= 11 is 1.51. The van der Waals surface area contributed by atoms with Gasteiger partial charge in [0.2, 0.25) is 0 Å². The number of rotatable bonds is 8. The van der Waals surface area contributed by atoms with Gasteiger partial charge in [0.25, 0.3) is 0 Å². The van der Waals surface area contributed by atoms with Gasteiger partial charge in [-0.2, -0.15) is 13.2 Å². The van der Waals surface area contributed by atoms with Gasteiger partial charge in [0, 0.05) is 4.90 Å². The van der Waals surface area contributed by atoms with E-state index in [9.17, 15) is 18.0 Å². The van der Waals surface area contributed by atoms with Crippen LogP contribution in [-0.2, 0) is 23.0 Å². The number of halogens is 3. The van der Waals surface area contributed by atoms with Gasteiger partial charge in [-0.1, -0.05) is 42.5 Å². The molecule has 178 valence electrons. The van der Waals surface area contributed by atoms with E-state index in [2.05, 4.69) is 4.31 Å². The third-order valence-electron chi connectivity index (χ3n) is 5.56. The molecule has 0 bridgehead atoms. The van der Waals surface area contributed by atoms with Crippen LogP contribution in [0.4, 0.5) is 13.2 Å². The van der Waals surface area contributed by atoms with Gasteiger partial charge in [0.15, 0.2) is 5.60 Å². The Bertz CT molecular complexity index is 1130. The topological polar surface area (TPSA) is 75.8 Å². The standard InChI is InChI=1S/C25H23F3N2O3S/c26-25(27,28)19-9-11-20(12-10-19)33-24(18-6-2-1-3-7-18)15-30(16-24)34-21-8-4-5-17(13-21)14-22(29)23(31)32/h1-13,22H,14-16,29H2,(H,31,32). The summed E-state index contributed by atoms with van der Waals surface area (Å²) in [6.07, 6.45) is -4.17. The van der Waals surface area contributed by atoms with E-state index >= 15 is 0 Å². The van der Waals surface area contributed by atoms with Crippen LogP contribution in [0.1, 0.15) is 16.7 Å². The summed E-state index contributed by atoms with van der Waals surface area (Å²) in [5.74, 6) is -0.681. The highest BCUT2D eigenvalue weighted by molar-refractivity contribution is 7.97. The van der Waals surface area contributed by atoms with E-state index in [-0.39, 0.29) is 6.42 Å². The minimum absolute atomic E-state index is 0.231. The Morgan fingerprint density at radius 2 is 1.74 bits per heavy atom. The lowest BCUT2D eigenvalue weighted by atomic mass is 9.87. The molecule has 1 aliphatic heterocycles. The summed E-state index contributed by atoms with van der Waals surface area (Å²) < 4.78 is 47.1. The van der Waals surface area contributed by atoms with Crippen LogP contribution in [0.3, 0.4) is 0 Å². The number of alkyl halides is 3. The number of carboxylic acid groups (broad SMARTS) is 1. The number of carboxylic acids is 1. The molecule has 1 aliphatic rings. The zero-order chi connectivity index (χ0) is 24.3. The lowest BCUT2D eigenvalue weighted by molar-refractivity contribution is -0.139. The summed E-state index contributed by atoms with van der Waals surface area (Å²) in [4.78, 5) is 12.0. The fraction of sp³-hybridized carbons (Fsp3) is 0.240. The minimum Gasteiger partial charge on any atom is -0.480 e. The van der Waals surface area contributed by atoms with Crippen molar-refractivity contribution >= 4 is 17.9 Å². The van der Waals surface area contributed by atoms with E-state index in [0.29, 0.717) is 18.8 Å². The Morgan fingerprint density at radius 3 is 2.35 bits per heavy atom. The first kappa shape index (κ1) is 24.1. The van der Waals surface area contributed by atoms with E-state index in [0.717, 1.165) is 28.2 Å². The van der Waals surface area contributed by atoms with Crippen molar-refractivity contribution in [2.24, 2.45) is 5.73 Å². The van der Waals surface area contributed by atoms with Gasteiger partial charge in [0.05, 0.1) is 18.7 Å². The zero-order valence-corrected chi connectivity index (χ0v) is 18.9. The van der Waals surface area contributed by atoms with E-state index < -0.39 is 29.4 Å². The first-order valence-electron chi connectivity index (χ1n) is 10.6. The molecule has 1 saturated heterocycles. The van der Waals surface area contributed by atoms with E-state index in [1.54, 1.807) is 0 Å². The van der Waals surface area contributed by atoms with E-state index in [4.69, 9.17) is 15.6 Å². The van der Waals surface area contributed by atoms with Crippen LogP contribution in [0.2, 0.25) is 0 Å². The Balaban J connectivity index is 1.47. The second-order valence-corrected chi connectivity index (χ2v) is 9.34. The molecule has 1 atom stereocenters. The Labute approximate surface area is 199 Å². The molecular weight excluding hydrogens is 465 g/mol. The molecule has 1 unspecified atom stereocenters. The van der Waals surface area contributed by atoms with Crippen LogP contribution in [0.5, 0.6) is 5.75 Å². The molecule has 9 heteroatoms. The van der Waals surface area contributed by atoms with Crippen molar-refractivity contribution in [2.75, 3.05) is 13.1 Å². The molecule has 3 aromatic carbocycles. The van der Waals surface area contributed by atoms with Crippen LogP contribution in [0.25, 0.3) is 0 Å². The highest BCUT2D eigenvalue weighted by Crippen LogP contribution is 2.42. The average Bonchev–Trinajstić information content (AvgIpc) is 2.78. The first-order chi connectivity index (χ1) is 16.1. The van der Waals surface area contributed by atoms with Gasteiger partial charge < -0.3 is 15.6 Å². The first-order valence-corrected chi connectivity index (χ1v) is 11.3. The molecule has 0 saturated carbocycles. The molecule has 0 amide bonds. The number of nitrogens with zero attached hydrogens (tertiary/aromatic N) is 1. The molecule has 1 heterocycles. The Morgan fingerprint density at radius 1 is 1.06 bits per heavy atom. The zero-order valence-electron chi connectivity index (χ0n) is 18.0. The number of benzene rings is 3. The van der Waals surface area contributed by atoms with Crippen molar-refractivity contribution in [2.45, 2.75) is 29.1 Å². The number of hydrogen-bond acceptors (Lipinski definition) is 5. The molecule has 5 nitrogen and oxygen atoms in total. The summed E-state index contributed by atoms with van der Waals surface area (Å²) in [5, 5.41) is 9.04. The van der Waals surface area contributed by atoms with E-state index in [1.807, 2.05) is 54.6 Å². The molecule has 3 aromatic rings. The average molecular weight is 489 g/mol. The van der Waals surface area contributed by atoms with Crippen molar-refractivity contribution in [3.05, 3.63) is 95.6 Å². The normalized spacial score (nSPS) is 16.5. The fourth-order valence-electron chi connectivity index (χ4n) is 3.79. The van der Waals surface area contributed by atoms with Crippen molar-refractivity contribution in [3.63, 3.8) is 0 Å². The predicted octanol–water partition coefficient (Wildman–Crippen LogP) is 4.96. The van der Waals surface area contributed by atoms with Gasteiger partial charge in [0.1, 0.15) is 11.8 Å². The number of aliphatic carboxylic acids is 1. The molecule has 4 rings (SSSR count). The van der Waals surface area contributed by atoms with Crippen molar-refractivity contribution in [3.8, 4) is 5.75 Å². The fourth-order valence-corrected chi connectivity index (χ4v) is 4.98. The Hall–Kier alpha value is -3.01. The number of ether oxygens (including phenoxy) is 1. The summed E-state index contributed by atoms with van der Waals surface area (Å²) in [6, 6.07) is 20.9. The largest absolute Gasteiger partial charge is 0.480 e. The van der Waals surface area contributed by atoms with Crippen molar-refractivity contribution in [1.29, 1.82) is 0 Å². The monoisotopic (exact) mass is 488 g/mol. The van der Waals surface area contributed by atoms with Gasteiger partial charge in [-0.3, -0.25) is 4.79 Å². The highest BCUT2D eigenvalue weighted by Gasteiger charge is 2.47. The maximum Gasteiger partial charge on any atom is 0.416 e. The van der Waals surface area contributed by atoms with Gasteiger partial charge in [-0.15, -0.1) is 0 Å². The molecular formula is C25H23F3N2O3S. The van der Waals surface area contributed by atoms with Crippen LogP contribution in [0, 0.1) is 0 Å². The molecule has 0 spiro atoms. The predicted molar refractivity (Wildman–Crippen MR) is 123 cm³/mol. The molecule has 0 aliphatic carbocycles. The van der Waals surface area contributed by atoms with Crippen molar-refractivity contribution < 1.29 is 27.8 Å². The second kappa shape index (κ2) is 9.69. The smallest absolute Gasteiger partial charge is 0.416 e. The number of nitrogens with two attached hydrogens (primary N) is 1. The minimum atomic E-state index is -4.40. The number of hydrogen-bond donors (Lipinski definition) is 2. The van der Waals surface area contributed by atoms with Gasteiger partial charge in [-0.05, 0) is 65.9 Å². The van der Waals surface area contributed by atoms with Crippen molar-refractivity contribution in [1.82, 2.24) is 4.31 Å². The molecule has 1 fully saturated rings. The third kappa shape index (κ3) is 5.55. The molecule has 0 aromatic heterocycles. The van der Waals surface area contributed by atoms with Crippen LogP contribution in [0.15, 0.2) is 83.8 Å². The lowest BCUT2D eigenvalue weighted by Gasteiger charge is -2.49. The quantitative estimate of drug-likeness (QED) is 0.437. The summed E-state index contributed by atoms with van der Waals surface area (Å²) in [6.45, 7) is 1.03. The van der Waals surface area contributed by atoms with Gasteiger partial charge >= 0.3 is 12.1 Å². The van der Waals surface area contributed by atoms with Crippen LogP contribution < -0.4 is 10.5 Å². The Kier molecular flexibility index (Phi) is 6.88. The highest BCUT2D eigenvalue weighted by atomic mass is 32.2. The molecule has 34 heavy (non-hydrogen) atoms. The summed E-state index contributed by atoms with van der Waals surface area (Å²) in [5.41, 5.74) is 6.00. The van der Waals surface area contributed by atoms with Gasteiger partial charge in [-0.25, -0.2) is 4.31 Å². The summed E-state index contributed by atoms with van der Waals surface area (Å²) in [7, 11) is 0. The SMILES string of the molecule is NC(Cc1cccc(SN2CC(Oc3ccc(C(F)(F)F)cc3)(c3ccccc3)C2)c1)C(=O)O. The molecule has 0 radical (unpaired) electrons. The molecule has 3 N–H and O–H groups in total. The number of carbonyl (C=O) groups is 1. The van der Waals surface area contributed by atoms with E-state index in [1.165, 1.54) is 24.1 Å². The maximum absolute atomic E-state index is 12.9. The van der Waals surface area contributed by atoms with Crippen LogP contribution in [-0.4, -0.2) is 34.5 Å². The third-order valence-corrected chi connectivity index (χ3v) is 6.55. The lowest BCUT2D eigenvalue weighted by Crippen LogP contribution is -2.59. The van der Waals surface area contributed by atoms with Crippen LogP contribution >= 0.6 is 11.9 Å².